The number of nitrogens with zero attached hydrogens (tertiary/aromatic N) is 3. The number of esters is 1. The number of rotatable bonds is 7. The second kappa shape index (κ2) is 12.3. The SMILES string of the molecule is Cc1nc(Nc2ccc(F)cc2)nc(N2CCc3cc(OC(=O)C(NC(=O)OC(C)(C)C)C(C)C)ccc3C2C)c1C. The molecule has 1 aromatic heterocycles. The average molecular weight is 578 g/mol. The second-order valence-electron chi connectivity index (χ2n) is 12.0. The van der Waals surface area contributed by atoms with Crippen LogP contribution in [0.2, 0.25) is 0 Å². The first-order valence-corrected chi connectivity index (χ1v) is 14.2. The van der Waals surface area contributed by atoms with E-state index < -0.39 is 23.7 Å². The van der Waals surface area contributed by atoms with Crippen LogP contribution < -0.4 is 20.3 Å². The normalized spacial score (nSPS) is 15.6. The maximum Gasteiger partial charge on any atom is 0.408 e. The lowest BCUT2D eigenvalue weighted by molar-refractivity contribution is -0.137. The first-order chi connectivity index (χ1) is 19.7. The molecule has 4 rings (SSSR count). The Balaban J connectivity index is 1.50. The molecule has 0 spiro atoms. The number of nitrogens with one attached hydrogen (secondary N) is 2. The molecule has 9 nitrogen and oxygen atoms in total. The number of carbonyl (C=O) groups excluding carboxylic acids is 2. The number of aromatic nitrogens is 2. The minimum absolute atomic E-state index is 0.00224. The molecule has 2 heterocycles. The van der Waals surface area contributed by atoms with Crippen molar-refractivity contribution in [2.24, 2.45) is 5.92 Å². The van der Waals surface area contributed by atoms with Crippen molar-refractivity contribution >= 4 is 29.5 Å². The zero-order valence-corrected chi connectivity index (χ0v) is 25.5. The summed E-state index contributed by atoms with van der Waals surface area (Å²) in [5.74, 6) is 0.648. The molecular weight excluding hydrogens is 537 g/mol. The molecule has 0 radical (unpaired) electrons. The van der Waals surface area contributed by atoms with Gasteiger partial charge in [0.05, 0.1) is 6.04 Å². The van der Waals surface area contributed by atoms with Crippen LogP contribution in [0.25, 0.3) is 0 Å². The highest BCUT2D eigenvalue weighted by Gasteiger charge is 2.30. The van der Waals surface area contributed by atoms with Gasteiger partial charge in [-0.3, -0.25) is 0 Å². The molecule has 0 bridgehead atoms. The fourth-order valence-corrected chi connectivity index (χ4v) is 4.88. The van der Waals surface area contributed by atoms with Gasteiger partial charge in [-0.2, -0.15) is 4.98 Å². The van der Waals surface area contributed by atoms with Gasteiger partial charge in [0.25, 0.3) is 0 Å². The minimum atomic E-state index is -0.855. The van der Waals surface area contributed by atoms with Crippen molar-refractivity contribution in [3.63, 3.8) is 0 Å². The Labute approximate surface area is 246 Å². The smallest absolute Gasteiger partial charge is 0.408 e. The largest absolute Gasteiger partial charge is 0.444 e. The number of aryl methyl sites for hydroxylation is 1. The second-order valence-corrected chi connectivity index (χ2v) is 12.0. The monoisotopic (exact) mass is 577 g/mol. The van der Waals surface area contributed by atoms with E-state index in [-0.39, 0.29) is 17.8 Å². The van der Waals surface area contributed by atoms with Crippen molar-refractivity contribution < 1.29 is 23.5 Å². The van der Waals surface area contributed by atoms with E-state index >= 15 is 0 Å². The summed E-state index contributed by atoms with van der Waals surface area (Å²) in [4.78, 5) is 37.0. The van der Waals surface area contributed by atoms with Crippen molar-refractivity contribution in [1.82, 2.24) is 15.3 Å². The van der Waals surface area contributed by atoms with Crippen LogP contribution in [0.15, 0.2) is 42.5 Å². The van der Waals surface area contributed by atoms with E-state index in [1.54, 1.807) is 39.0 Å². The third-order valence-corrected chi connectivity index (χ3v) is 7.20. The lowest BCUT2D eigenvalue weighted by Crippen LogP contribution is -2.48. The average Bonchev–Trinajstić information content (AvgIpc) is 2.90. The van der Waals surface area contributed by atoms with Gasteiger partial charge in [-0.25, -0.2) is 19.0 Å². The fourth-order valence-electron chi connectivity index (χ4n) is 4.88. The number of hydrogen-bond acceptors (Lipinski definition) is 8. The third-order valence-electron chi connectivity index (χ3n) is 7.20. The van der Waals surface area contributed by atoms with Crippen LogP contribution in [-0.4, -0.2) is 40.2 Å². The molecule has 10 heteroatoms. The lowest BCUT2D eigenvalue weighted by Gasteiger charge is -2.37. The maximum absolute atomic E-state index is 13.4. The number of fused-ring (bicyclic) bond motifs is 1. The molecule has 1 amide bonds. The van der Waals surface area contributed by atoms with Gasteiger partial charge in [0.15, 0.2) is 0 Å². The van der Waals surface area contributed by atoms with Crippen LogP contribution >= 0.6 is 0 Å². The summed E-state index contributed by atoms with van der Waals surface area (Å²) in [6.07, 6.45) is 0.0571. The minimum Gasteiger partial charge on any atom is -0.444 e. The number of ether oxygens (including phenoxy) is 2. The molecule has 2 unspecified atom stereocenters. The zero-order valence-electron chi connectivity index (χ0n) is 25.5. The molecule has 224 valence electrons. The Morgan fingerprint density at radius 2 is 1.76 bits per heavy atom. The Kier molecular flexibility index (Phi) is 9.03. The molecule has 2 atom stereocenters. The standard InChI is InChI=1S/C32H40FN5O4/c1-18(2)27(36-31(40)42-32(6,7)8)29(39)41-25-13-14-26-21(5)38(16-15-22(26)17-25)28-19(3)20(4)34-30(37-28)35-24-11-9-23(33)10-12-24/h9-14,17-18,21,27H,15-16H2,1-8H3,(H,36,40)(H,34,35,37). The van der Waals surface area contributed by atoms with E-state index in [1.807, 2.05) is 39.8 Å². The van der Waals surface area contributed by atoms with Crippen LogP contribution in [0, 0.1) is 25.6 Å². The first kappa shape index (κ1) is 30.7. The predicted molar refractivity (Wildman–Crippen MR) is 161 cm³/mol. The molecule has 0 aliphatic carbocycles. The Morgan fingerprint density at radius 3 is 2.40 bits per heavy atom. The number of hydrogen-bond donors (Lipinski definition) is 2. The lowest BCUT2D eigenvalue weighted by atomic mass is 9.93. The van der Waals surface area contributed by atoms with Crippen molar-refractivity contribution in [2.75, 3.05) is 16.8 Å². The predicted octanol–water partition coefficient (Wildman–Crippen LogP) is 6.55. The van der Waals surface area contributed by atoms with Crippen molar-refractivity contribution in [2.45, 2.75) is 79.5 Å². The van der Waals surface area contributed by atoms with Gasteiger partial charge in [-0.05, 0) is 101 Å². The van der Waals surface area contributed by atoms with E-state index in [0.717, 1.165) is 34.6 Å². The summed E-state index contributed by atoms with van der Waals surface area (Å²) >= 11 is 0. The fraction of sp³-hybridized carbons (Fsp3) is 0.438. The van der Waals surface area contributed by atoms with E-state index in [1.165, 1.54) is 12.1 Å². The van der Waals surface area contributed by atoms with Crippen LogP contribution in [0.1, 0.15) is 70.0 Å². The van der Waals surface area contributed by atoms with Gasteiger partial charge >= 0.3 is 12.1 Å². The topological polar surface area (TPSA) is 106 Å². The van der Waals surface area contributed by atoms with E-state index in [0.29, 0.717) is 23.9 Å². The van der Waals surface area contributed by atoms with E-state index in [2.05, 4.69) is 27.4 Å². The molecule has 42 heavy (non-hydrogen) atoms. The Morgan fingerprint density at radius 1 is 1.07 bits per heavy atom. The van der Waals surface area contributed by atoms with Crippen LogP contribution in [0.3, 0.4) is 0 Å². The highest BCUT2D eigenvalue weighted by atomic mass is 19.1. The molecule has 0 fully saturated rings. The number of anilines is 3. The summed E-state index contributed by atoms with van der Waals surface area (Å²) in [7, 11) is 0. The van der Waals surface area contributed by atoms with Gasteiger partial charge in [-0.1, -0.05) is 19.9 Å². The van der Waals surface area contributed by atoms with Gasteiger partial charge in [-0.15, -0.1) is 0 Å². The van der Waals surface area contributed by atoms with Crippen molar-refractivity contribution in [1.29, 1.82) is 0 Å². The highest BCUT2D eigenvalue weighted by Crippen LogP contribution is 2.36. The van der Waals surface area contributed by atoms with Crippen LogP contribution in [-0.2, 0) is 16.0 Å². The number of carbonyl (C=O) groups is 2. The molecule has 2 aromatic carbocycles. The third kappa shape index (κ3) is 7.35. The van der Waals surface area contributed by atoms with Gasteiger partial charge in [0.1, 0.15) is 29.0 Å². The summed E-state index contributed by atoms with van der Waals surface area (Å²) in [5.41, 5.74) is 4.05. The molecule has 1 aliphatic heterocycles. The number of alkyl carbamates (subject to hydrolysis) is 1. The molecule has 1 aliphatic rings. The van der Waals surface area contributed by atoms with Gasteiger partial charge < -0.3 is 25.0 Å². The molecule has 0 saturated heterocycles. The van der Waals surface area contributed by atoms with E-state index in [9.17, 15) is 14.0 Å². The Hall–Kier alpha value is -4.21. The highest BCUT2D eigenvalue weighted by molar-refractivity contribution is 5.83. The Bertz CT molecular complexity index is 1450. The van der Waals surface area contributed by atoms with Crippen molar-refractivity contribution in [3.8, 4) is 5.75 Å². The number of amides is 1. The molecule has 3 aromatic rings. The van der Waals surface area contributed by atoms with Gasteiger partial charge in [0, 0.05) is 23.5 Å². The van der Waals surface area contributed by atoms with Gasteiger partial charge in [0.2, 0.25) is 5.95 Å². The summed E-state index contributed by atoms with van der Waals surface area (Å²) in [6.45, 7) is 15.7. The molecule has 2 N–H and O–H groups in total. The van der Waals surface area contributed by atoms with Crippen LogP contribution in [0.5, 0.6) is 5.75 Å². The van der Waals surface area contributed by atoms with Crippen LogP contribution in [0.4, 0.5) is 26.6 Å². The first-order valence-electron chi connectivity index (χ1n) is 14.2. The van der Waals surface area contributed by atoms with Crippen molar-refractivity contribution in [3.05, 3.63) is 70.7 Å². The molecule has 0 saturated carbocycles. The number of benzene rings is 2. The zero-order chi connectivity index (χ0) is 30.8. The molecular formula is C32H40FN5O4. The summed E-state index contributed by atoms with van der Waals surface area (Å²) in [6, 6.07) is 10.9. The summed E-state index contributed by atoms with van der Waals surface area (Å²) < 4.78 is 24.4. The number of halogens is 1. The van der Waals surface area contributed by atoms with E-state index in [4.69, 9.17) is 14.5 Å². The quantitative estimate of drug-likeness (QED) is 0.240. The summed E-state index contributed by atoms with van der Waals surface area (Å²) in [5, 5.41) is 5.82. The maximum atomic E-state index is 13.4.